The Hall–Kier alpha value is -3.87. The van der Waals surface area contributed by atoms with Crippen molar-refractivity contribution in [2.75, 3.05) is 44.7 Å². The van der Waals surface area contributed by atoms with Crippen molar-refractivity contribution in [3.63, 3.8) is 0 Å². The van der Waals surface area contributed by atoms with Crippen LogP contribution in [-0.2, 0) is 26.3 Å². The van der Waals surface area contributed by atoms with Crippen LogP contribution in [0.15, 0.2) is 59.8 Å². The molecule has 1 fully saturated rings. The zero-order valence-corrected chi connectivity index (χ0v) is 21.2. The number of nitrogens with zero attached hydrogens (tertiary/aromatic N) is 5. The van der Waals surface area contributed by atoms with E-state index in [2.05, 4.69) is 14.8 Å². The van der Waals surface area contributed by atoms with Gasteiger partial charge in [-0.15, -0.1) is 0 Å². The summed E-state index contributed by atoms with van der Waals surface area (Å²) < 4.78 is 34.7. The lowest BCUT2D eigenvalue weighted by molar-refractivity contribution is -0.136. The second kappa shape index (κ2) is 9.88. The molecule has 1 saturated heterocycles. The van der Waals surface area contributed by atoms with Crippen molar-refractivity contribution in [2.45, 2.75) is 6.54 Å². The van der Waals surface area contributed by atoms with Gasteiger partial charge in [-0.25, -0.2) is 4.72 Å². The predicted octanol–water partition coefficient (Wildman–Crippen LogP) is 1.37. The van der Waals surface area contributed by atoms with Crippen molar-refractivity contribution in [1.82, 2.24) is 24.4 Å². The number of nitrogens with one attached hydrogen (secondary N) is 1. The molecule has 4 aromatic rings. The number of hydrogen-bond donors (Lipinski definition) is 1. The number of ether oxygens (including phenoxy) is 1. The Morgan fingerprint density at radius 1 is 1.08 bits per heavy atom. The van der Waals surface area contributed by atoms with Crippen LogP contribution in [0.4, 0.5) is 5.69 Å². The highest BCUT2D eigenvalue weighted by molar-refractivity contribution is 7.90. The molecule has 0 aliphatic carbocycles. The smallest absolute Gasteiger partial charge is 0.301 e. The minimum atomic E-state index is -3.72. The normalized spacial score (nSPS) is 14.3. The Balaban J connectivity index is 1.51. The van der Waals surface area contributed by atoms with Crippen LogP contribution in [0.1, 0.15) is 0 Å². The molecule has 2 aromatic heterocycles. The third-order valence-electron chi connectivity index (χ3n) is 6.48. The summed E-state index contributed by atoms with van der Waals surface area (Å²) >= 11 is 0. The van der Waals surface area contributed by atoms with E-state index >= 15 is 0 Å². The van der Waals surface area contributed by atoms with Crippen molar-refractivity contribution >= 4 is 43.5 Å². The summed E-state index contributed by atoms with van der Waals surface area (Å²) in [6.45, 7) is 2.31. The lowest BCUT2D eigenvalue weighted by atomic mass is 10.1. The number of morpholine rings is 1. The molecule has 0 unspecified atom stereocenters. The Labute approximate surface area is 213 Å². The van der Waals surface area contributed by atoms with Crippen molar-refractivity contribution in [3.05, 3.63) is 65.2 Å². The van der Waals surface area contributed by atoms with Gasteiger partial charge in [0.2, 0.25) is 5.91 Å². The molecule has 0 bridgehead atoms. The third kappa shape index (κ3) is 4.90. The Kier molecular flexibility index (Phi) is 6.63. The highest BCUT2D eigenvalue weighted by atomic mass is 32.2. The average molecular weight is 523 g/mol. The molecule has 0 saturated carbocycles. The molecule has 2 aromatic carbocycles. The number of carbonyl (C=O) groups excluding carboxylic acids is 1. The molecular formula is C25H26N6O5S. The highest BCUT2D eigenvalue weighted by Gasteiger charge is 2.19. The maximum absolute atomic E-state index is 13.6. The maximum Gasteiger partial charge on any atom is 0.301 e. The summed E-state index contributed by atoms with van der Waals surface area (Å²) in [5.74, 6) is -0.0315. The van der Waals surface area contributed by atoms with Gasteiger partial charge in [0.05, 0.1) is 30.6 Å². The van der Waals surface area contributed by atoms with Crippen LogP contribution in [0.25, 0.3) is 32.8 Å². The fourth-order valence-electron chi connectivity index (χ4n) is 4.27. The molecule has 1 N–H and O–H groups in total. The number of pyridine rings is 1. The molecule has 37 heavy (non-hydrogen) atoms. The molecule has 0 radical (unpaired) electrons. The molecule has 192 valence electrons. The van der Waals surface area contributed by atoms with E-state index in [4.69, 9.17) is 4.74 Å². The van der Waals surface area contributed by atoms with E-state index in [9.17, 15) is 18.0 Å². The van der Waals surface area contributed by atoms with E-state index in [1.807, 2.05) is 0 Å². The first kappa shape index (κ1) is 24.8. The maximum atomic E-state index is 13.6. The van der Waals surface area contributed by atoms with Crippen LogP contribution < -0.4 is 14.5 Å². The number of benzene rings is 1. The van der Waals surface area contributed by atoms with Crippen LogP contribution in [-0.4, -0.2) is 74.4 Å². The van der Waals surface area contributed by atoms with Gasteiger partial charge in [-0.05, 0) is 29.7 Å². The summed E-state index contributed by atoms with van der Waals surface area (Å²) in [6, 6.07) is 10.2. The predicted molar refractivity (Wildman–Crippen MR) is 141 cm³/mol. The SMILES string of the molecule is CNS(=O)(=O)N(C)c1ccc2ccc3ncc(-c4cnn(CC(=O)N5CCOCC5)c4)cc3c(=O)c2c1. The van der Waals surface area contributed by atoms with Gasteiger partial charge in [0.25, 0.3) is 0 Å². The Bertz CT molecular complexity index is 1660. The van der Waals surface area contributed by atoms with E-state index in [1.54, 1.807) is 64.6 Å². The van der Waals surface area contributed by atoms with Gasteiger partial charge < -0.3 is 9.64 Å². The monoisotopic (exact) mass is 522 g/mol. The molecule has 3 heterocycles. The van der Waals surface area contributed by atoms with E-state index in [-0.39, 0.29) is 17.9 Å². The van der Waals surface area contributed by atoms with Gasteiger partial charge in [-0.3, -0.25) is 23.6 Å². The van der Waals surface area contributed by atoms with Crippen molar-refractivity contribution in [1.29, 1.82) is 0 Å². The first-order valence-electron chi connectivity index (χ1n) is 11.7. The van der Waals surface area contributed by atoms with Crippen LogP contribution in [0.2, 0.25) is 0 Å². The molecule has 12 heteroatoms. The average Bonchev–Trinajstić information content (AvgIpc) is 3.34. The Morgan fingerprint density at radius 2 is 1.84 bits per heavy atom. The summed E-state index contributed by atoms with van der Waals surface area (Å²) in [4.78, 5) is 32.4. The highest BCUT2D eigenvalue weighted by Crippen LogP contribution is 2.24. The first-order chi connectivity index (χ1) is 17.8. The summed E-state index contributed by atoms with van der Waals surface area (Å²) in [5.41, 5.74) is 2.00. The number of amides is 1. The molecule has 1 aliphatic heterocycles. The number of fused-ring (bicyclic) bond motifs is 2. The van der Waals surface area contributed by atoms with Gasteiger partial charge in [-0.1, -0.05) is 12.1 Å². The zero-order valence-electron chi connectivity index (χ0n) is 20.4. The van der Waals surface area contributed by atoms with Crippen LogP contribution in [0.3, 0.4) is 0 Å². The minimum absolute atomic E-state index is 0.0315. The topological polar surface area (TPSA) is 127 Å². The fraction of sp³-hybridized carbons (Fsp3) is 0.280. The number of hydrogen-bond acceptors (Lipinski definition) is 7. The third-order valence-corrected chi connectivity index (χ3v) is 7.92. The van der Waals surface area contributed by atoms with Crippen LogP contribution in [0, 0.1) is 0 Å². The molecule has 1 amide bonds. The van der Waals surface area contributed by atoms with E-state index in [0.717, 1.165) is 9.87 Å². The van der Waals surface area contributed by atoms with E-state index in [0.29, 0.717) is 59.2 Å². The van der Waals surface area contributed by atoms with Gasteiger partial charge >= 0.3 is 10.2 Å². The second-order valence-electron chi connectivity index (χ2n) is 8.69. The van der Waals surface area contributed by atoms with Gasteiger partial charge in [0.1, 0.15) is 6.54 Å². The van der Waals surface area contributed by atoms with Gasteiger partial charge in [-0.2, -0.15) is 13.5 Å². The largest absolute Gasteiger partial charge is 0.378 e. The standard InChI is InChI=1S/C25H26N6O5S/c1-26-37(34,35)29(2)20-5-3-17-4-6-23-22(25(33)21(17)12-20)11-18(13-27-23)19-14-28-31(15-19)16-24(32)30-7-9-36-10-8-30/h3-6,11-15,26H,7-10,16H2,1-2H3. The second-order valence-corrected chi connectivity index (χ2v) is 10.6. The lowest BCUT2D eigenvalue weighted by Gasteiger charge is -2.26. The minimum Gasteiger partial charge on any atom is -0.378 e. The summed E-state index contributed by atoms with van der Waals surface area (Å²) in [5, 5.41) is 5.74. The molecule has 1 aliphatic rings. The van der Waals surface area contributed by atoms with Gasteiger partial charge in [0, 0.05) is 61.5 Å². The number of carbonyl (C=O) groups is 1. The molecule has 5 rings (SSSR count). The fourth-order valence-corrected chi connectivity index (χ4v) is 4.93. The molecule has 0 atom stereocenters. The van der Waals surface area contributed by atoms with E-state index in [1.165, 1.54) is 14.1 Å². The zero-order chi connectivity index (χ0) is 26.2. The van der Waals surface area contributed by atoms with E-state index < -0.39 is 10.2 Å². The number of rotatable bonds is 6. The molecule has 11 nitrogen and oxygen atoms in total. The van der Waals surface area contributed by atoms with Crippen LogP contribution >= 0.6 is 0 Å². The Morgan fingerprint density at radius 3 is 2.59 bits per heavy atom. The summed E-state index contributed by atoms with van der Waals surface area (Å²) in [7, 11) is -0.979. The first-order valence-corrected chi connectivity index (χ1v) is 13.1. The lowest BCUT2D eigenvalue weighted by Crippen LogP contribution is -2.42. The number of aromatic nitrogens is 3. The van der Waals surface area contributed by atoms with Crippen molar-refractivity contribution in [3.8, 4) is 11.1 Å². The molecule has 0 spiro atoms. The van der Waals surface area contributed by atoms with Gasteiger partial charge in [0.15, 0.2) is 5.43 Å². The van der Waals surface area contributed by atoms with Crippen molar-refractivity contribution < 1.29 is 17.9 Å². The summed E-state index contributed by atoms with van der Waals surface area (Å²) in [6.07, 6.45) is 5.05. The quantitative estimate of drug-likeness (QED) is 0.405. The number of anilines is 1. The van der Waals surface area contributed by atoms with Crippen molar-refractivity contribution in [2.24, 2.45) is 0 Å². The van der Waals surface area contributed by atoms with Crippen LogP contribution in [0.5, 0.6) is 0 Å². The molecular weight excluding hydrogens is 496 g/mol.